The summed E-state index contributed by atoms with van der Waals surface area (Å²) >= 11 is 1.10. The highest BCUT2D eigenvalue weighted by molar-refractivity contribution is 7.22. The van der Waals surface area contributed by atoms with E-state index in [4.69, 9.17) is 9.47 Å². The van der Waals surface area contributed by atoms with E-state index in [1.807, 2.05) is 37.3 Å². The first kappa shape index (κ1) is 26.9. The van der Waals surface area contributed by atoms with Crippen molar-refractivity contribution < 1.29 is 28.6 Å². The first-order valence-electron chi connectivity index (χ1n) is 13.8. The molecule has 0 spiro atoms. The molecular weight excluding hydrogens is 567 g/mol. The van der Waals surface area contributed by atoms with Crippen LogP contribution in [-0.4, -0.2) is 27.9 Å². The lowest BCUT2D eigenvalue weighted by molar-refractivity contribution is -0.132. The van der Waals surface area contributed by atoms with Gasteiger partial charge in [-0.1, -0.05) is 53.8 Å². The first-order valence-corrected chi connectivity index (χ1v) is 14.6. The number of ether oxygens (including phenoxy) is 2. The van der Waals surface area contributed by atoms with Crippen LogP contribution in [0.25, 0.3) is 16.0 Å². The molecule has 2 aliphatic heterocycles. The molecule has 1 fully saturated rings. The van der Waals surface area contributed by atoms with Crippen molar-refractivity contribution in [2.45, 2.75) is 32.1 Å². The number of amides is 1. The summed E-state index contributed by atoms with van der Waals surface area (Å²) in [4.78, 5) is 33.2. The van der Waals surface area contributed by atoms with Gasteiger partial charge in [0.15, 0.2) is 5.13 Å². The minimum absolute atomic E-state index is 0.000439. The van der Waals surface area contributed by atoms with Crippen molar-refractivity contribution in [3.63, 3.8) is 0 Å². The highest BCUT2D eigenvalue weighted by Gasteiger charge is 2.48. The number of aromatic nitrogens is 1. The standard InChI is InChI=1S/C34H25FN2O5S/c1-19-14-23-15-22(10-13-27(23)42-19)31(38)29-30(21-8-5-9-25(16-21)41-18-20-6-3-2-4-7-20)37(33(40)32(29)39)34-36-26-12-11-24(35)17-28(26)43-34/h2-13,15-17,19,30,38H,14,18H2,1H3/b31-29+/t19-,30-/m1/s1. The lowest BCUT2D eigenvalue weighted by Crippen LogP contribution is -2.29. The molecule has 1 saturated heterocycles. The maximum absolute atomic E-state index is 14.0. The van der Waals surface area contributed by atoms with Gasteiger partial charge < -0.3 is 14.6 Å². The fourth-order valence-electron chi connectivity index (χ4n) is 5.57. The van der Waals surface area contributed by atoms with Gasteiger partial charge in [0, 0.05) is 12.0 Å². The van der Waals surface area contributed by atoms with E-state index < -0.39 is 23.5 Å². The molecule has 0 radical (unpaired) electrons. The molecule has 3 heterocycles. The fourth-order valence-corrected chi connectivity index (χ4v) is 6.59. The van der Waals surface area contributed by atoms with Gasteiger partial charge in [-0.05, 0) is 72.1 Å². The third kappa shape index (κ3) is 4.91. The van der Waals surface area contributed by atoms with Crippen molar-refractivity contribution in [2.24, 2.45) is 0 Å². The third-order valence-corrected chi connectivity index (χ3v) is 8.60. The maximum atomic E-state index is 14.0. The average molecular weight is 593 g/mol. The number of Topliss-reactive ketones (excluding diaryl/α,β-unsaturated/α-hetero) is 1. The molecule has 7 rings (SSSR count). The summed E-state index contributed by atoms with van der Waals surface area (Å²) in [6.07, 6.45) is 0.664. The number of carbonyl (C=O) groups excluding carboxylic acids is 2. The number of thiazole rings is 1. The lowest BCUT2D eigenvalue weighted by atomic mass is 9.94. The van der Waals surface area contributed by atoms with Gasteiger partial charge in [0.05, 0.1) is 21.8 Å². The Bertz CT molecular complexity index is 1940. The fraction of sp³-hybridized carbons (Fsp3) is 0.147. The van der Waals surface area contributed by atoms with Crippen molar-refractivity contribution in [1.29, 1.82) is 0 Å². The smallest absolute Gasteiger partial charge is 0.301 e. The molecule has 1 aromatic heterocycles. The Balaban J connectivity index is 1.35. The minimum atomic E-state index is -1.01. The second-order valence-corrected chi connectivity index (χ2v) is 11.6. The van der Waals surface area contributed by atoms with Crippen LogP contribution in [0.15, 0.2) is 96.6 Å². The molecule has 2 aliphatic rings. The Morgan fingerprint density at radius 2 is 1.88 bits per heavy atom. The molecule has 0 unspecified atom stereocenters. The number of fused-ring (bicyclic) bond motifs is 2. The van der Waals surface area contributed by atoms with Crippen LogP contribution in [0.4, 0.5) is 9.52 Å². The summed E-state index contributed by atoms with van der Waals surface area (Å²) in [6, 6.07) is 25.2. The predicted octanol–water partition coefficient (Wildman–Crippen LogP) is 6.96. The second kappa shape index (κ2) is 10.7. The number of aliphatic hydroxyl groups excluding tert-OH is 1. The Kier molecular flexibility index (Phi) is 6.66. The minimum Gasteiger partial charge on any atom is -0.507 e. The maximum Gasteiger partial charge on any atom is 0.301 e. The van der Waals surface area contributed by atoms with Gasteiger partial charge in [0.2, 0.25) is 0 Å². The zero-order valence-electron chi connectivity index (χ0n) is 23.0. The number of ketones is 1. The summed E-state index contributed by atoms with van der Waals surface area (Å²) in [5.74, 6) is -1.14. The van der Waals surface area contributed by atoms with E-state index in [0.717, 1.165) is 28.2 Å². The summed E-state index contributed by atoms with van der Waals surface area (Å²) in [5, 5.41) is 11.9. The number of rotatable bonds is 6. The van der Waals surface area contributed by atoms with E-state index >= 15 is 0 Å². The van der Waals surface area contributed by atoms with Gasteiger partial charge in [-0.3, -0.25) is 14.5 Å². The number of anilines is 1. The van der Waals surface area contributed by atoms with Crippen molar-refractivity contribution in [2.75, 3.05) is 4.90 Å². The summed E-state index contributed by atoms with van der Waals surface area (Å²) in [5.41, 5.74) is 3.27. The molecule has 0 aliphatic carbocycles. The van der Waals surface area contributed by atoms with Crippen molar-refractivity contribution >= 4 is 44.1 Å². The van der Waals surface area contributed by atoms with Crippen LogP contribution >= 0.6 is 11.3 Å². The second-order valence-electron chi connectivity index (χ2n) is 10.6. The highest BCUT2D eigenvalue weighted by Crippen LogP contribution is 2.45. The zero-order chi connectivity index (χ0) is 29.7. The molecule has 1 N–H and O–H groups in total. The van der Waals surface area contributed by atoms with Crippen LogP contribution in [0.2, 0.25) is 0 Å². The molecule has 4 aromatic carbocycles. The van der Waals surface area contributed by atoms with Crippen LogP contribution in [0.1, 0.15) is 35.2 Å². The molecule has 0 bridgehead atoms. The average Bonchev–Trinajstić information content (AvgIpc) is 3.68. The molecule has 2 atom stereocenters. The normalized spacial score (nSPS) is 19.1. The van der Waals surface area contributed by atoms with Gasteiger partial charge in [0.1, 0.15) is 35.8 Å². The summed E-state index contributed by atoms with van der Waals surface area (Å²) in [6.45, 7) is 2.28. The van der Waals surface area contributed by atoms with Crippen LogP contribution < -0.4 is 14.4 Å². The lowest BCUT2D eigenvalue weighted by Gasteiger charge is -2.23. The van der Waals surface area contributed by atoms with E-state index in [9.17, 15) is 19.1 Å². The Morgan fingerprint density at radius 1 is 1.05 bits per heavy atom. The molecule has 7 nitrogen and oxygen atoms in total. The Morgan fingerprint density at radius 3 is 2.72 bits per heavy atom. The molecule has 1 amide bonds. The molecule has 5 aromatic rings. The molecule has 9 heteroatoms. The SMILES string of the molecule is C[C@@H]1Cc2cc(/C(O)=C3\C(=O)C(=O)N(c4nc5ccc(F)cc5s4)[C@@H]3c3cccc(OCc4ccccc4)c3)ccc2O1. The van der Waals surface area contributed by atoms with Crippen molar-refractivity contribution in [1.82, 2.24) is 4.98 Å². The van der Waals surface area contributed by atoms with Gasteiger partial charge in [-0.15, -0.1) is 0 Å². The monoisotopic (exact) mass is 592 g/mol. The molecule has 214 valence electrons. The van der Waals surface area contributed by atoms with Crippen LogP contribution in [-0.2, 0) is 22.6 Å². The number of hydrogen-bond donors (Lipinski definition) is 1. The number of nitrogens with zero attached hydrogens (tertiary/aromatic N) is 2. The predicted molar refractivity (Wildman–Crippen MR) is 162 cm³/mol. The van der Waals surface area contributed by atoms with E-state index in [1.165, 1.54) is 23.1 Å². The third-order valence-electron chi connectivity index (χ3n) is 7.58. The van der Waals surface area contributed by atoms with Crippen LogP contribution in [0, 0.1) is 5.82 Å². The Hall–Kier alpha value is -5.02. The van der Waals surface area contributed by atoms with Gasteiger partial charge >= 0.3 is 5.91 Å². The summed E-state index contributed by atoms with van der Waals surface area (Å²) < 4.78 is 26.4. The topological polar surface area (TPSA) is 89.0 Å². The number of hydrogen-bond acceptors (Lipinski definition) is 7. The number of aliphatic hydroxyl groups is 1. The van der Waals surface area contributed by atoms with E-state index in [1.54, 1.807) is 42.5 Å². The van der Waals surface area contributed by atoms with Crippen LogP contribution in [0.5, 0.6) is 11.5 Å². The largest absolute Gasteiger partial charge is 0.507 e. The van der Waals surface area contributed by atoms with Gasteiger partial charge in [0.25, 0.3) is 5.78 Å². The van der Waals surface area contributed by atoms with Crippen molar-refractivity contribution in [3.8, 4) is 11.5 Å². The number of halogens is 1. The number of carbonyl (C=O) groups is 2. The van der Waals surface area contributed by atoms with E-state index in [2.05, 4.69) is 4.98 Å². The quantitative estimate of drug-likeness (QED) is 0.130. The molecule has 43 heavy (non-hydrogen) atoms. The molecule has 0 saturated carbocycles. The zero-order valence-corrected chi connectivity index (χ0v) is 23.8. The highest BCUT2D eigenvalue weighted by atomic mass is 32.1. The number of benzene rings is 4. The van der Waals surface area contributed by atoms with Gasteiger partial charge in [-0.2, -0.15) is 0 Å². The first-order chi connectivity index (χ1) is 20.9. The van der Waals surface area contributed by atoms with E-state index in [0.29, 0.717) is 40.1 Å². The van der Waals surface area contributed by atoms with Crippen molar-refractivity contribution in [3.05, 3.63) is 125 Å². The van der Waals surface area contributed by atoms with E-state index in [-0.39, 0.29) is 22.6 Å². The molecular formula is C34H25FN2O5S. The van der Waals surface area contributed by atoms with Gasteiger partial charge in [-0.25, -0.2) is 9.37 Å². The Labute approximate surface area is 250 Å². The van der Waals surface area contributed by atoms with Crippen LogP contribution in [0.3, 0.4) is 0 Å². The summed E-state index contributed by atoms with van der Waals surface area (Å²) in [7, 11) is 0.